The first-order valence-electron chi connectivity index (χ1n) is 14.3. The van der Waals surface area contributed by atoms with Crippen LogP contribution in [-0.2, 0) is 17.6 Å². The minimum atomic E-state index is 0.396. The number of fused-ring (bicyclic) bond motifs is 1. The van der Waals surface area contributed by atoms with Gasteiger partial charge in [0.2, 0.25) is 0 Å². The lowest BCUT2D eigenvalue weighted by Gasteiger charge is -2.28. The average Bonchev–Trinajstić information content (AvgIpc) is 3.58. The van der Waals surface area contributed by atoms with Crippen LogP contribution in [0.25, 0.3) is 6.08 Å². The maximum Gasteiger partial charge on any atom is 0.0468 e. The third kappa shape index (κ3) is 5.39. The van der Waals surface area contributed by atoms with Crippen molar-refractivity contribution in [1.82, 2.24) is 0 Å². The standard InChI is InChI=1S/C34H41NO/c1-24-6-12-30(13-7-24)35-31-22-29(33-15-14-32(34(33)23-31)28-4-2-3-5-28)21-26-10-8-25(9-11-26)20-27-16-18-36-19-17-27/h2,4-5,8-11,14-15,22-24,27,30,32,35H,3,6-7,12-13,16-21H2,1H3. The summed E-state index contributed by atoms with van der Waals surface area (Å²) < 4.78 is 5.54. The molecule has 0 spiro atoms. The Morgan fingerprint density at radius 3 is 2.42 bits per heavy atom. The van der Waals surface area contributed by atoms with E-state index in [0.29, 0.717) is 12.0 Å². The number of nitrogens with one attached hydrogen (secondary N) is 1. The number of rotatable bonds is 7. The molecule has 1 saturated carbocycles. The zero-order chi connectivity index (χ0) is 24.3. The number of hydrogen-bond donors (Lipinski definition) is 1. The topological polar surface area (TPSA) is 21.3 Å². The molecule has 2 aromatic carbocycles. The molecule has 1 N–H and O–H groups in total. The Labute approximate surface area is 217 Å². The zero-order valence-corrected chi connectivity index (χ0v) is 21.8. The minimum absolute atomic E-state index is 0.396. The normalized spacial score (nSPS) is 25.7. The molecule has 4 aliphatic rings. The molecule has 2 nitrogen and oxygen atoms in total. The van der Waals surface area contributed by atoms with Gasteiger partial charge in [-0.3, -0.25) is 0 Å². The molecule has 2 fully saturated rings. The number of anilines is 1. The molecule has 1 unspecified atom stereocenters. The predicted molar refractivity (Wildman–Crippen MR) is 152 cm³/mol. The van der Waals surface area contributed by atoms with Crippen molar-refractivity contribution in [1.29, 1.82) is 0 Å². The summed E-state index contributed by atoms with van der Waals surface area (Å²) >= 11 is 0. The van der Waals surface area contributed by atoms with Crippen molar-refractivity contribution < 1.29 is 4.74 Å². The highest BCUT2D eigenvalue weighted by atomic mass is 16.5. The summed E-state index contributed by atoms with van der Waals surface area (Å²) in [4.78, 5) is 0. The first-order chi connectivity index (χ1) is 17.7. The molecular weight excluding hydrogens is 438 g/mol. The van der Waals surface area contributed by atoms with Crippen LogP contribution in [0.3, 0.4) is 0 Å². The van der Waals surface area contributed by atoms with Crippen LogP contribution in [0.1, 0.15) is 85.6 Å². The summed E-state index contributed by atoms with van der Waals surface area (Å²) in [5.41, 5.74) is 10.0. The highest BCUT2D eigenvalue weighted by Crippen LogP contribution is 2.41. The van der Waals surface area contributed by atoms with Crippen molar-refractivity contribution in [2.24, 2.45) is 11.8 Å². The lowest BCUT2D eigenvalue weighted by molar-refractivity contribution is 0.0665. The lowest BCUT2D eigenvalue weighted by atomic mass is 9.86. The SMILES string of the molecule is CC1CCC(Nc2cc(Cc3ccc(CC4CCOCC4)cc3)c3c(c2)C(C2=CCC=C2)C=C3)CC1. The largest absolute Gasteiger partial charge is 0.382 e. The van der Waals surface area contributed by atoms with Crippen LogP contribution in [0.4, 0.5) is 5.69 Å². The van der Waals surface area contributed by atoms with Crippen molar-refractivity contribution in [3.8, 4) is 0 Å². The van der Waals surface area contributed by atoms with Gasteiger partial charge in [-0.05, 0) is 115 Å². The molecule has 36 heavy (non-hydrogen) atoms. The van der Waals surface area contributed by atoms with Crippen molar-refractivity contribution in [3.05, 3.63) is 94.1 Å². The van der Waals surface area contributed by atoms with E-state index in [1.165, 1.54) is 84.0 Å². The molecular formula is C34H41NO. The maximum absolute atomic E-state index is 5.54. The van der Waals surface area contributed by atoms with Crippen LogP contribution >= 0.6 is 0 Å². The number of hydrogen-bond acceptors (Lipinski definition) is 2. The number of allylic oxidation sites excluding steroid dienone is 5. The first-order valence-corrected chi connectivity index (χ1v) is 14.3. The van der Waals surface area contributed by atoms with Crippen LogP contribution in [0.2, 0.25) is 0 Å². The van der Waals surface area contributed by atoms with E-state index in [2.05, 4.69) is 79.0 Å². The fourth-order valence-electron chi connectivity index (χ4n) is 6.66. The third-order valence-corrected chi connectivity index (χ3v) is 8.92. The van der Waals surface area contributed by atoms with Crippen molar-refractivity contribution >= 4 is 11.8 Å². The third-order valence-electron chi connectivity index (χ3n) is 8.92. The summed E-state index contributed by atoms with van der Waals surface area (Å²) in [5.74, 6) is 2.05. The minimum Gasteiger partial charge on any atom is -0.382 e. The molecule has 188 valence electrons. The monoisotopic (exact) mass is 479 g/mol. The van der Waals surface area contributed by atoms with Crippen LogP contribution in [0.15, 0.2) is 66.3 Å². The van der Waals surface area contributed by atoms with E-state index in [9.17, 15) is 0 Å². The smallest absolute Gasteiger partial charge is 0.0468 e. The predicted octanol–water partition coefficient (Wildman–Crippen LogP) is 8.23. The van der Waals surface area contributed by atoms with E-state index in [0.717, 1.165) is 37.9 Å². The number of ether oxygens (including phenoxy) is 1. The molecule has 1 saturated heterocycles. The molecule has 2 heteroatoms. The van der Waals surface area contributed by atoms with Crippen molar-refractivity contribution in [2.45, 2.75) is 76.7 Å². The molecule has 2 aromatic rings. The summed E-state index contributed by atoms with van der Waals surface area (Å²) in [7, 11) is 0. The van der Waals surface area contributed by atoms with Gasteiger partial charge in [0.25, 0.3) is 0 Å². The maximum atomic E-state index is 5.54. The molecule has 1 atom stereocenters. The van der Waals surface area contributed by atoms with Gasteiger partial charge >= 0.3 is 0 Å². The van der Waals surface area contributed by atoms with Gasteiger partial charge in [-0.1, -0.05) is 61.6 Å². The van der Waals surface area contributed by atoms with Gasteiger partial charge in [0.15, 0.2) is 0 Å². The lowest BCUT2D eigenvalue weighted by Crippen LogP contribution is -2.25. The van der Waals surface area contributed by atoms with E-state index in [1.807, 2.05) is 0 Å². The van der Waals surface area contributed by atoms with Gasteiger partial charge in [-0.25, -0.2) is 0 Å². The molecule has 1 aliphatic heterocycles. The summed E-state index contributed by atoms with van der Waals surface area (Å²) in [5, 5.41) is 3.95. The number of benzene rings is 2. The van der Waals surface area contributed by atoms with Gasteiger partial charge in [-0.2, -0.15) is 0 Å². The molecule has 3 aliphatic carbocycles. The van der Waals surface area contributed by atoms with Gasteiger partial charge in [0.1, 0.15) is 0 Å². The van der Waals surface area contributed by atoms with Gasteiger partial charge < -0.3 is 10.1 Å². The Balaban J connectivity index is 1.23. The second-order valence-electron chi connectivity index (χ2n) is 11.7. The first kappa shape index (κ1) is 23.8. The van der Waals surface area contributed by atoms with Crippen LogP contribution in [-0.4, -0.2) is 19.3 Å². The van der Waals surface area contributed by atoms with E-state index >= 15 is 0 Å². The van der Waals surface area contributed by atoms with Gasteiger partial charge in [0.05, 0.1) is 0 Å². The van der Waals surface area contributed by atoms with E-state index in [4.69, 9.17) is 4.74 Å². The Morgan fingerprint density at radius 1 is 0.889 bits per heavy atom. The molecule has 0 amide bonds. The fraction of sp³-hybridized carbons (Fsp3) is 0.471. The zero-order valence-electron chi connectivity index (χ0n) is 21.8. The molecule has 6 rings (SSSR count). The summed E-state index contributed by atoms with van der Waals surface area (Å²) in [6, 6.07) is 15.0. The molecule has 0 aromatic heterocycles. The summed E-state index contributed by atoms with van der Waals surface area (Å²) in [6.07, 6.45) is 22.7. The van der Waals surface area contributed by atoms with Crippen LogP contribution in [0, 0.1) is 11.8 Å². The van der Waals surface area contributed by atoms with Gasteiger partial charge in [0, 0.05) is 30.9 Å². The average molecular weight is 480 g/mol. The Kier molecular flexibility index (Phi) is 7.14. The van der Waals surface area contributed by atoms with Crippen LogP contribution in [0.5, 0.6) is 0 Å². The second-order valence-corrected chi connectivity index (χ2v) is 11.7. The summed E-state index contributed by atoms with van der Waals surface area (Å²) in [6.45, 7) is 4.26. The van der Waals surface area contributed by atoms with Crippen LogP contribution < -0.4 is 5.32 Å². The Morgan fingerprint density at radius 2 is 1.67 bits per heavy atom. The van der Waals surface area contributed by atoms with E-state index in [-0.39, 0.29) is 0 Å². The highest BCUT2D eigenvalue weighted by Gasteiger charge is 2.25. The van der Waals surface area contributed by atoms with Crippen molar-refractivity contribution in [3.63, 3.8) is 0 Å². The van der Waals surface area contributed by atoms with Gasteiger partial charge in [-0.15, -0.1) is 0 Å². The highest BCUT2D eigenvalue weighted by molar-refractivity contribution is 5.73. The van der Waals surface area contributed by atoms with Crippen molar-refractivity contribution in [2.75, 3.05) is 18.5 Å². The molecule has 1 heterocycles. The second kappa shape index (κ2) is 10.8. The van der Waals surface area contributed by atoms with E-state index < -0.39 is 0 Å². The Bertz CT molecular complexity index is 1140. The molecule has 0 radical (unpaired) electrons. The fourth-order valence-corrected chi connectivity index (χ4v) is 6.66. The Hall–Kier alpha value is -2.58. The van der Waals surface area contributed by atoms with E-state index in [1.54, 1.807) is 0 Å². The quantitative estimate of drug-likeness (QED) is 0.432. The molecule has 0 bridgehead atoms.